The molecule has 0 spiro atoms. The predicted octanol–water partition coefficient (Wildman–Crippen LogP) is 2.68. The second kappa shape index (κ2) is 14.9. The van der Waals surface area contributed by atoms with Crippen LogP contribution in [0, 0.1) is 0 Å². The predicted molar refractivity (Wildman–Crippen MR) is 90.0 cm³/mol. The van der Waals surface area contributed by atoms with Crippen molar-refractivity contribution in [3.8, 4) is 0 Å². The quantitative estimate of drug-likeness (QED) is 0.641. The molecule has 5 heteroatoms. The Morgan fingerprint density at radius 3 is 2.16 bits per heavy atom. The van der Waals surface area contributed by atoms with Gasteiger partial charge in [-0.05, 0) is 66.0 Å². The minimum atomic E-state index is 0. The maximum Gasteiger partial charge on any atom is 0.00670 e. The largest absolute Gasteiger partial charge is 0.317 e. The third-order valence-electron chi connectivity index (χ3n) is 3.53. The van der Waals surface area contributed by atoms with E-state index in [-0.39, 0.29) is 24.8 Å². The van der Waals surface area contributed by atoms with Crippen LogP contribution in [0.25, 0.3) is 0 Å². The summed E-state index contributed by atoms with van der Waals surface area (Å²) < 4.78 is 0. The Morgan fingerprint density at radius 2 is 1.53 bits per heavy atom. The third-order valence-corrected chi connectivity index (χ3v) is 3.53. The van der Waals surface area contributed by atoms with Crippen molar-refractivity contribution in [1.29, 1.82) is 0 Å². The van der Waals surface area contributed by atoms with Crippen LogP contribution in [0.1, 0.15) is 44.9 Å². The Bertz CT molecular complexity index is 174. The molecule has 1 rings (SSSR count). The maximum absolute atomic E-state index is 3.68. The molecule has 0 saturated heterocycles. The van der Waals surface area contributed by atoms with Gasteiger partial charge in [0.05, 0.1) is 0 Å². The first-order valence-electron chi connectivity index (χ1n) is 7.38. The lowest BCUT2D eigenvalue weighted by atomic mass is 9.95. The van der Waals surface area contributed by atoms with Gasteiger partial charge in [-0.15, -0.1) is 24.8 Å². The number of halogens is 2. The van der Waals surface area contributed by atoms with Crippen molar-refractivity contribution in [1.82, 2.24) is 15.5 Å². The average molecular weight is 314 g/mol. The van der Waals surface area contributed by atoms with Crippen LogP contribution in [0.15, 0.2) is 0 Å². The van der Waals surface area contributed by atoms with E-state index >= 15 is 0 Å². The van der Waals surface area contributed by atoms with Gasteiger partial charge in [0.1, 0.15) is 0 Å². The van der Waals surface area contributed by atoms with E-state index in [4.69, 9.17) is 0 Å². The molecule has 2 N–H and O–H groups in total. The van der Waals surface area contributed by atoms with Crippen LogP contribution in [0.2, 0.25) is 0 Å². The van der Waals surface area contributed by atoms with Crippen molar-refractivity contribution in [3.63, 3.8) is 0 Å². The molecule has 1 saturated carbocycles. The van der Waals surface area contributed by atoms with Gasteiger partial charge < -0.3 is 15.5 Å². The fourth-order valence-electron chi connectivity index (χ4n) is 2.47. The third kappa shape index (κ3) is 13.2. The zero-order valence-corrected chi connectivity index (χ0v) is 14.3. The first-order chi connectivity index (χ1) is 8.29. The molecule has 1 fully saturated rings. The number of hydrogen-bond acceptors (Lipinski definition) is 3. The van der Waals surface area contributed by atoms with Crippen molar-refractivity contribution in [2.45, 2.75) is 51.0 Å². The van der Waals surface area contributed by atoms with Gasteiger partial charge in [-0.3, -0.25) is 0 Å². The molecule has 0 aromatic rings. The summed E-state index contributed by atoms with van der Waals surface area (Å²) in [7, 11) is 4.27. The van der Waals surface area contributed by atoms with Crippen molar-refractivity contribution >= 4 is 24.8 Å². The number of rotatable bonds is 9. The van der Waals surface area contributed by atoms with Crippen LogP contribution in [-0.4, -0.2) is 51.2 Å². The average Bonchev–Trinajstić information content (AvgIpc) is 2.33. The Morgan fingerprint density at radius 1 is 0.895 bits per heavy atom. The highest BCUT2D eigenvalue weighted by atomic mass is 35.5. The summed E-state index contributed by atoms with van der Waals surface area (Å²) in [6.07, 6.45) is 9.63. The van der Waals surface area contributed by atoms with E-state index in [1.54, 1.807) is 0 Å². The molecular formula is C14H33Cl2N3. The molecule has 0 aromatic carbocycles. The van der Waals surface area contributed by atoms with Crippen LogP contribution >= 0.6 is 24.8 Å². The topological polar surface area (TPSA) is 27.3 Å². The molecule has 0 atom stereocenters. The van der Waals surface area contributed by atoms with E-state index in [0.717, 1.165) is 19.1 Å². The lowest BCUT2D eigenvalue weighted by Gasteiger charge is -2.22. The Balaban J connectivity index is 0. The summed E-state index contributed by atoms with van der Waals surface area (Å²) in [5.41, 5.74) is 0. The standard InChI is InChI=1S/C14H31N3.2ClH/c1-17(2)13-7-11-15-10-6-12-16-14-8-4-3-5-9-14;;/h14-16H,3-13H2,1-2H3;2*1H. The molecule has 0 aliphatic heterocycles. The van der Waals surface area contributed by atoms with Gasteiger partial charge in [0.2, 0.25) is 0 Å². The molecule has 1 aliphatic rings. The van der Waals surface area contributed by atoms with Crippen molar-refractivity contribution in [2.75, 3.05) is 40.3 Å². The van der Waals surface area contributed by atoms with Crippen molar-refractivity contribution in [2.24, 2.45) is 0 Å². The maximum atomic E-state index is 3.68. The molecule has 0 aromatic heterocycles. The molecule has 0 radical (unpaired) electrons. The molecule has 0 bridgehead atoms. The SMILES string of the molecule is CN(C)CCCNCCCNC1CCCCC1.Cl.Cl. The highest BCUT2D eigenvalue weighted by molar-refractivity contribution is 5.85. The van der Waals surface area contributed by atoms with Crippen molar-refractivity contribution in [3.05, 3.63) is 0 Å². The summed E-state index contributed by atoms with van der Waals surface area (Å²) in [5, 5.41) is 7.19. The normalized spacial score (nSPS) is 15.9. The molecule has 0 heterocycles. The van der Waals surface area contributed by atoms with E-state index < -0.39 is 0 Å². The summed E-state index contributed by atoms with van der Waals surface area (Å²) in [5.74, 6) is 0. The van der Waals surface area contributed by atoms with Crippen LogP contribution in [0.5, 0.6) is 0 Å². The lowest BCUT2D eigenvalue weighted by Crippen LogP contribution is -2.33. The zero-order chi connectivity index (χ0) is 12.3. The number of nitrogens with zero attached hydrogens (tertiary/aromatic N) is 1. The molecule has 0 amide bonds. The second-order valence-electron chi connectivity index (χ2n) is 5.55. The highest BCUT2D eigenvalue weighted by Gasteiger charge is 2.11. The molecule has 118 valence electrons. The monoisotopic (exact) mass is 313 g/mol. The minimum Gasteiger partial charge on any atom is -0.317 e. The first kappa shape index (κ1) is 21.8. The molecule has 3 nitrogen and oxygen atoms in total. The van der Waals surface area contributed by atoms with Crippen LogP contribution in [-0.2, 0) is 0 Å². The van der Waals surface area contributed by atoms with Gasteiger partial charge in [-0.1, -0.05) is 19.3 Å². The molecule has 1 aliphatic carbocycles. The van der Waals surface area contributed by atoms with E-state index in [2.05, 4.69) is 29.6 Å². The first-order valence-corrected chi connectivity index (χ1v) is 7.38. The highest BCUT2D eigenvalue weighted by Crippen LogP contribution is 2.16. The summed E-state index contributed by atoms with van der Waals surface area (Å²) in [6, 6.07) is 0.817. The van der Waals surface area contributed by atoms with Crippen LogP contribution < -0.4 is 10.6 Å². The zero-order valence-electron chi connectivity index (χ0n) is 12.6. The fraction of sp³-hybridized carbons (Fsp3) is 1.00. The van der Waals surface area contributed by atoms with Gasteiger partial charge in [-0.25, -0.2) is 0 Å². The Kier molecular flexibility index (Phi) is 17.0. The van der Waals surface area contributed by atoms with Gasteiger partial charge in [-0.2, -0.15) is 0 Å². The van der Waals surface area contributed by atoms with E-state index in [1.807, 2.05) is 0 Å². The van der Waals surface area contributed by atoms with E-state index in [0.29, 0.717) is 0 Å². The van der Waals surface area contributed by atoms with Crippen molar-refractivity contribution < 1.29 is 0 Å². The summed E-state index contributed by atoms with van der Waals surface area (Å²) in [4.78, 5) is 2.24. The molecule has 0 unspecified atom stereocenters. The van der Waals surface area contributed by atoms with Gasteiger partial charge in [0, 0.05) is 6.04 Å². The Labute approximate surface area is 132 Å². The van der Waals surface area contributed by atoms with E-state index in [1.165, 1.54) is 58.0 Å². The Hall–Kier alpha value is 0.460. The van der Waals surface area contributed by atoms with E-state index in [9.17, 15) is 0 Å². The van der Waals surface area contributed by atoms with Crippen LogP contribution in [0.3, 0.4) is 0 Å². The molecule has 19 heavy (non-hydrogen) atoms. The number of hydrogen-bond donors (Lipinski definition) is 2. The fourth-order valence-corrected chi connectivity index (χ4v) is 2.47. The van der Waals surface area contributed by atoms with Gasteiger partial charge >= 0.3 is 0 Å². The number of nitrogens with one attached hydrogen (secondary N) is 2. The molecular weight excluding hydrogens is 281 g/mol. The lowest BCUT2D eigenvalue weighted by molar-refractivity contribution is 0.369. The summed E-state index contributed by atoms with van der Waals surface area (Å²) in [6.45, 7) is 4.69. The minimum absolute atomic E-state index is 0. The second-order valence-corrected chi connectivity index (χ2v) is 5.55. The van der Waals surface area contributed by atoms with Gasteiger partial charge in [0.15, 0.2) is 0 Å². The van der Waals surface area contributed by atoms with Gasteiger partial charge in [0.25, 0.3) is 0 Å². The smallest absolute Gasteiger partial charge is 0.00670 e. The van der Waals surface area contributed by atoms with Crippen LogP contribution in [0.4, 0.5) is 0 Å². The summed E-state index contributed by atoms with van der Waals surface area (Å²) >= 11 is 0.